The molecule has 0 heterocycles. The maximum absolute atomic E-state index is 13.4. The van der Waals surface area contributed by atoms with Gasteiger partial charge in [-0.15, -0.1) is 0 Å². The summed E-state index contributed by atoms with van der Waals surface area (Å²) in [6, 6.07) is 12.2. The van der Waals surface area contributed by atoms with Crippen molar-refractivity contribution in [3.05, 3.63) is 59.4 Å². The highest BCUT2D eigenvalue weighted by Crippen LogP contribution is 2.16. The minimum absolute atomic E-state index is 0.349. The summed E-state index contributed by atoms with van der Waals surface area (Å²) < 4.78 is 19.1. The summed E-state index contributed by atoms with van der Waals surface area (Å²) in [5.41, 5.74) is 1.92. The van der Waals surface area contributed by atoms with Crippen LogP contribution in [0, 0.1) is 12.7 Å². The second-order valence-corrected chi connectivity index (χ2v) is 5.77. The van der Waals surface area contributed by atoms with Crippen molar-refractivity contribution in [2.75, 3.05) is 27.2 Å². The lowest BCUT2D eigenvalue weighted by atomic mass is 10.2. The number of likely N-dealkylation sites (N-methyl/N-ethyl adjacent to an activating group) is 1. The van der Waals surface area contributed by atoms with E-state index in [2.05, 4.69) is 10.3 Å². The van der Waals surface area contributed by atoms with Crippen molar-refractivity contribution < 1.29 is 14.2 Å². The molecule has 0 aromatic heterocycles. The number of aromatic hydroxyl groups is 1. The van der Waals surface area contributed by atoms with Gasteiger partial charge in [0.1, 0.15) is 12.4 Å². The first-order valence-electron chi connectivity index (χ1n) is 8.08. The summed E-state index contributed by atoms with van der Waals surface area (Å²) in [4.78, 5) is 6.15. The third kappa shape index (κ3) is 5.67. The summed E-state index contributed by atoms with van der Waals surface area (Å²) in [5, 5.41) is 12.4. The lowest BCUT2D eigenvalue weighted by Crippen LogP contribution is -2.40. The molecule has 0 fully saturated rings. The Hall–Kier alpha value is -2.76. The average molecular weight is 345 g/mol. The topological polar surface area (TPSA) is 57.1 Å². The van der Waals surface area contributed by atoms with Crippen molar-refractivity contribution in [2.45, 2.75) is 13.5 Å². The third-order valence-corrected chi connectivity index (χ3v) is 3.75. The SMILES string of the molecule is CN=C(NCc1ccc(O)c(F)c1)N(C)CCOc1ccc(C)cc1. The van der Waals surface area contributed by atoms with Crippen molar-refractivity contribution in [1.29, 1.82) is 0 Å². The third-order valence-electron chi connectivity index (χ3n) is 3.75. The van der Waals surface area contributed by atoms with Gasteiger partial charge in [-0.1, -0.05) is 23.8 Å². The van der Waals surface area contributed by atoms with Crippen molar-refractivity contribution >= 4 is 5.96 Å². The normalized spacial score (nSPS) is 11.3. The Balaban J connectivity index is 1.80. The van der Waals surface area contributed by atoms with Gasteiger partial charge in [0.25, 0.3) is 0 Å². The molecule has 0 unspecified atom stereocenters. The van der Waals surface area contributed by atoms with Crippen LogP contribution < -0.4 is 10.1 Å². The fraction of sp³-hybridized carbons (Fsp3) is 0.316. The number of guanidine groups is 1. The predicted molar refractivity (Wildman–Crippen MR) is 97.6 cm³/mol. The molecule has 0 saturated carbocycles. The lowest BCUT2D eigenvalue weighted by Gasteiger charge is -2.22. The molecule has 0 aliphatic rings. The van der Waals surface area contributed by atoms with Crippen molar-refractivity contribution in [3.8, 4) is 11.5 Å². The van der Waals surface area contributed by atoms with E-state index in [1.54, 1.807) is 13.1 Å². The van der Waals surface area contributed by atoms with E-state index in [9.17, 15) is 9.50 Å². The number of nitrogens with one attached hydrogen (secondary N) is 1. The maximum Gasteiger partial charge on any atom is 0.193 e. The van der Waals surface area contributed by atoms with Crippen LogP contribution in [0.2, 0.25) is 0 Å². The summed E-state index contributed by atoms with van der Waals surface area (Å²) in [6.07, 6.45) is 0. The number of nitrogens with zero attached hydrogens (tertiary/aromatic N) is 2. The summed E-state index contributed by atoms with van der Waals surface area (Å²) in [6.45, 7) is 3.62. The number of benzene rings is 2. The molecule has 0 aliphatic heterocycles. The molecule has 2 aromatic rings. The van der Waals surface area contributed by atoms with Gasteiger partial charge in [0.05, 0.1) is 6.54 Å². The first-order chi connectivity index (χ1) is 12.0. The van der Waals surface area contributed by atoms with Gasteiger partial charge < -0.3 is 20.1 Å². The van der Waals surface area contributed by atoms with Gasteiger partial charge in [0.15, 0.2) is 17.5 Å². The van der Waals surface area contributed by atoms with Gasteiger partial charge in [0.2, 0.25) is 0 Å². The van der Waals surface area contributed by atoms with Crippen molar-refractivity contribution in [1.82, 2.24) is 10.2 Å². The van der Waals surface area contributed by atoms with Crippen molar-refractivity contribution in [2.24, 2.45) is 4.99 Å². The van der Waals surface area contributed by atoms with E-state index < -0.39 is 5.82 Å². The number of halogens is 1. The van der Waals surface area contributed by atoms with Crippen LogP contribution in [-0.4, -0.2) is 43.2 Å². The minimum atomic E-state index is -0.630. The van der Waals surface area contributed by atoms with Crippen molar-refractivity contribution in [3.63, 3.8) is 0 Å². The Kier molecular flexibility index (Phi) is 6.62. The number of phenolic OH excluding ortho intramolecular Hbond substituents is 1. The van der Waals surface area contributed by atoms with E-state index in [1.165, 1.54) is 17.7 Å². The molecule has 2 rings (SSSR count). The molecule has 0 aliphatic carbocycles. The highest BCUT2D eigenvalue weighted by molar-refractivity contribution is 5.79. The van der Waals surface area contributed by atoms with Crippen LogP contribution >= 0.6 is 0 Å². The monoisotopic (exact) mass is 345 g/mol. The second-order valence-electron chi connectivity index (χ2n) is 5.77. The van der Waals surface area contributed by atoms with E-state index in [0.717, 1.165) is 11.3 Å². The molecule has 6 heteroatoms. The Morgan fingerprint density at radius 1 is 1.24 bits per heavy atom. The highest BCUT2D eigenvalue weighted by atomic mass is 19.1. The van der Waals surface area contributed by atoms with E-state index >= 15 is 0 Å². The molecular formula is C19H24FN3O2. The average Bonchev–Trinajstić information content (AvgIpc) is 2.60. The molecule has 25 heavy (non-hydrogen) atoms. The quantitative estimate of drug-likeness (QED) is 0.624. The molecule has 0 saturated heterocycles. The fourth-order valence-corrected chi connectivity index (χ4v) is 2.27. The van der Waals surface area contributed by atoms with Gasteiger partial charge in [-0.05, 0) is 36.8 Å². The number of hydrogen-bond donors (Lipinski definition) is 2. The smallest absolute Gasteiger partial charge is 0.193 e. The first-order valence-corrected chi connectivity index (χ1v) is 8.08. The van der Waals surface area contributed by atoms with E-state index in [-0.39, 0.29) is 5.75 Å². The van der Waals surface area contributed by atoms with Crippen LogP contribution in [0.4, 0.5) is 4.39 Å². The molecule has 2 aromatic carbocycles. The highest BCUT2D eigenvalue weighted by Gasteiger charge is 2.07. The fourth-order valence-electron chi connectivity index (χ4n) is 2.27. The molecule has 0 spiro atoms. The van der Waals surface area contributed by atoms with Gasteiger partial charge >= 0.3 is 0 Å². The molecule has 5 nitrogen and oxygen atoms in total. The van der Waals surface area contributed by atoms with Crippen LogP contribution in [-0.2, 0) is 6.54 Å². The zero-order valence-electron chi connectivity index (χ0n) is 14.8. The molecular weight excluding hydrogens is 321 g/mol. The maximum atomic E-state index is 13.4. The molecule has 0 bridgehead atoms. The molecule has 0 atom stereocenters. The van der Waals surface area contributed by atoms with Gasteiger partial charge in [-0.3, -0.25) is 4.99 Å². The number of aliphatic imine (C=N–C) groups is 1. The van der Waals surface area contributed by atoms with Crippen LogP contribution in [0.5, 0.6) is 11.5 Å². The summed E-state index contributed by atoms with van der Waals surface area (Å²) in [5.74, 6) is 0.537. The largest absolute Gasteiger partial charge is 0.505 e. The Bertz CT molecular complexity index is 717. The predicted octanol–water partition coefficient (Wildman–Crippen LogP) is 2.93. The van der Waals surface area contributed by atoms with Crippen LogP contribution in [0.15, 0.2) is 47.5 Å². The van der Waals surface area contributed by atoms with Gasteiger partial charge in [-0.25, -0.2) is 4.39 Å². The Labute approximate surface area is 147 Å². The zero-order chi connectivity index (χ0) is 18.2. The minimum Gasteiger partial charge on any atom is -0.505 e. The number of hydrogen-bond acceptors (Lipinski definition) is 3. The van der Waals surface area contributed by atoms with Crippen LogP contribution in [0.1, 0.15) is 11.1 Å². The zero-order valence-corrected chi connectivity index (χ0v) is 14.8. The molecule has 2 N–H and O–H groups in total. The second kappa shape index (κ2) is 8.92. The van der Waals surface area contributed by atoms with E-state index in [1.807, 2.05) is 43.1 Å². The van der Waals surface area contributed by atoms with Crippen LogP contribution in [0.25, 0.3) is 0 Å². The number of rotatable bonds is 6. The van der Waals surface area contributed by atoms with E-state index in [4.69, 9.17) is 4.74 Å². The molecule has 0 radical (unpaired) electrons. The number of ether oxygens (including phenoxy) is 1. The van der Waals surface area contributed by atoms with Gasteiger partial charge in [0, 0.05) is 20.6 Å². The Morgan fingerprint density at radius 2 is 1.96 bits per heavy atom. The van der Waals surface area contributed by atoms with Gasteiger partial charge in [-0.2, -0.15) is 0 Å². The summed E-state index contributed by atoms with van der Waals surface area (Å²) >= 11 is 0. The Morgan fingerprint density at radius 3 is 2.60 bits per heavy atom. The van der Waals surface area contributed by atoms with Crippen LogP contribution in [0.3, 0.4) is 0 Å². The standard InChI is InChI=1S/C19H24FN3O2/c1-14-4-7-16(8-5-14)25-11-10-23(3)19(21-2)22-13-15-6-9-18(24)17(20)12-15/h4-9,12,24H,10-11,13H2,1-3H3,(H,21,22). The van der Waals surface area contributed by atoms with E-state index in [0.29, 0.717) is 25.7 Å². The molecule has 0 amide bonds. The number of phenols is 1. The molecule has 134 valence electrons. The lowest BCUT2D eigenvalue weighted by molar-refractivity contribution is 0.281. The first kappa shape index (κ1) is 18.6. The summed E-state index contributed by atoms with van der Waals surface area (Å²) in [7, 11) is 3.60. The number of aryl methyl sites for hydroxylation is 1.